The first kappa shape index (κ1) is 16.8. The molecule has 1 aliphatic heterocycles. The van der Waals surface area contributed by atoms with Gasteiger partial charge in [-0.15, -0.1) is 0 Å². The fourth-order valence-corrected chi connectivity index (χ4v) is 2.98. The fourth-order valence-electron chi connectivity index (χ4n) is 2.98. The monoisotopic (exact) mass is 341 g/mol. The van der Waals surface area contributed by atoms with Crippen LogP contribution in [0.3, 0.4) is 0 Å². The number of carboxylic acid groups (broad SMARTS) is 1. The molecule has 1 N–H and O–H groups in total. The van der Waals surface area contributed by atoms with E-state index in [1.165, 1.54) is 12.0 Å². The molecule has 1 aliphatic rings. The molecular formula is C19H19NO5. The lowest BCUT2D eigenvalue weighted by Crippen LogP contribution is -2.43. The lowest BCUT2D eigenvalue weighted by atomic mass is 9.95. The van der Waals surface area contributed by atoms with E-state index in [-0.39, 0.29) is 12.2 Å². The Morgan fingerprint density at radius 2 is 1.96 bits per heavy atom. The third kappa shape index (κ3) is 3.28. The van der Waals surface area contributed by atoms with Gasteiger partial charge >= 0.3 is 6.09 Å². The van der Waals surface area contributed by atoms with Gasteiger partial charge in [-0.2, -0.15) is 0 Å². The standard InChI is InChI=1S/C19H19NO5/c1-12-8-16(21)14-9-18(25-11-13-6-4-3-5-7-13)17(24-2)10-15(14)20(12)19(22)23/h3-7,9-10,12H,8,11H2,1-2H3,(H,22,23). The van der Waals surface area contributed by atoms with Gasteiger partial charge in [-0.3, -0.25) is 9.69 Å². The highest BCUT2D eigenvalue weighted by Gasteiger charge is 2.34. The first-order valence-electron chi connectivity index (χ1n) is 7.95. The van der Waals surface area contributed by atoms with E-state index >= 15 is 0 Å². The molecule has 0 saturated carbocycles. The molecule has 1 amide bonds. The lowest BCUT2D eigenvalue weighted by Gasteiger charge is -2.32. The second-order valence-electron chi connectivity index (χ2n) is 5.92. The lowest BCUT2D eigenvalue weighted by molar-refractivity contribution is 0.0968. The molecule has 6 heteroatoms. The highest BCUT2D eigenvalue weighted by Crippen LogP contribution is 2.40. The number of Topliss-reactive ketones (excluding diaryl/α,β-unsaturated/α-hetero) is 1. The Morgan fingerprint density at radius 1 is 1.24 bits per heavy atom. The zero-order valence-electron chi connectivity index (χ0n) is 14.1. The van der Waals surface area contributed by atoms with Crippen LogP contribution in [0.5, 0.6) is 11.5 Å². The van der Waals surface area contributed by atoms with Gasteiger partial charge < -0.3 is 14.6 Å². The number of anilines is 1. The minimum absolute atomic E-state index is 0.104. The number of nitrogens with zero attached hydrogens (tertiary/aromatic N) is 1. The van der Waals surface area contributed by atoms with E-state index in [0.29, 0.717) is 29.4 Å². The Hall–Kier alpha value is -3.02. The van der Waals surface area contributed by atoms with Crippen molar-refractivity contribution in [2.45, 2.75) is 26.0 Å². The zero-order valence-corrected chi connectivity index (χ0v) is 14.1. The SMILES string of the molecule is COc1cc2c(cc1OCc1ccccc1)C(=O)CC(C)N2C(=O)O. The van der Waals surface area contributed by atoms with E-state index in [4.69, 9.17) is 9.47 Å². The molecule has 3 rings (SSSR count). The van der Waals surface area contributed by atoms with Crippen molar-refractivity contribution in [3.8, 4) is 11.5 Å². The van der Waals surface area contributed by atoms with Crippen molar-refractivity contribution in [1.82, 2.24) is 0 Å². The van der Waals surface area contributed by atoms with Gasteiger partial charge in [-0.05, 0) is 18.6 Å². The van der Waals surface area contributed by atoms with Crippen LogP contribution in [0.1, 0.15) is 29.3 Å². The minimum Gasteiger partial charge on any atom is -0.493 e. The molecule has 25 heavy (non-hydrogen) atoms. The van der Waals surface area contributed by atoms with Crippen molar-refractivity contribution >= 4 is 17.6 Å². The van der Waals surface area contributed by atoms with Crippen LogP contribution in [0.2, 0.25) is 0 Å². The van der Waals surface area contributed by atoms with Crippen molar-refractivity contribution in [3.05, 3.63) is 53.6 Å². The highest BCUT2D eigenvalue weighted by atomic mass is 16.5. The maximum atomic E-state index is 12.4. The Balaban J connectivity index is 1.97. The predicted octanol–water partition coefficient (Wildman–Crippen LogP) is 3.73. The molecule has 1 atom stereocenters. The third-order valence-electron chi connectivity index (χ3n) is 4.21. The number of ketones is 1. The van der Waals surface area contributed by atoms with Crippen molar-refractivity contribution in [3.63, 3.8) is 0 Å². The average Bonchev–Trinajstić information content (AvgIpc) is 2.60. The second-order valence-corrected chi connectivity index (χ2v) is 5.92. The summed E-state index contributed by atoms with van der Waals surface area (Å²) in [7, 11) is 1.48. The smallest absolute Gasteiger partial charge is 0.412 e. The summed E-state index contributed by atoms with van der Waals surface area (Å²) >= 11 is 0. The third-order valence-corrected chi connectivity index (χ3v) is 4.21. The molecule has 0 saturated heterocycles. The summed E-state index contributed by atoms with van der Waals surface area (Å²) in [5.74, 6) is 0.702. The van der Waals surface area contributed by atoms with Crippen molar-refractivity contribution < 1.29 is 24.2 Å². The van der Waals surface area contributed by atoms with Crippen molar-refractivity contribution in [1.29, 1.82) is 0 Å². The summed E-state index contributed by atoms with van der Waals surface area (Å²) in [6, 6.07) is 12.3. The van der Waals surface area contributed by atoms with Crippen molar-refractivity contribution in [2.24, 2.45) is 0 Å². The molecule has 2 aromatic rings. The number of fused-ring (bicyclic) bond motifs is 1. The molecule has 0 fully saturated rings. The average molecular weight is 341 g/mol. The Labute approximate surface area is 145 Å². The number of hydrogen-bond donors (Lipinski definition) is 1. The van der Waals surface area contributed by atoms with Gasteiger partial charge in [0.25, 0.3) is 0 Å². The molecular weight excluding hydrogens is 322 g/mol. The van der Waals surface area contributed by atoms with Gasteiger partial charge in [-0.1, -0.05) is 30.3 Å². The van der Waals surface area contributed by atoms with Crippen LogP contribution in [0.4, 0.5) is 10.5 Å². The summed E-state index contributed by atoms with van der Waals surface area (Å²) in [5.41, 5.74) is 1.65. The second kappa shape index (κ2) is 6.84. The van der Waals surface area contributed by atoms with Crippen LogP contribution in [-0.4, -0.2) is 30.1 Å². The minimum atomic E-state index is -1.10. The molecule has 0 spiro atoms. The summed E-state index contributed by atoms with van der Waals surface area (Å²) in [6.45, 7) is 2.03. The van der Waals surface area contributed by atoms with E-state index in [1.54, 1.807) is 19.1 Å². The first-order chi connectivity index (χ1) is 12.0. The van der Waals surface area contributed by atoms with Gasteiger partial charge in [0.15, 0.2) is 17.3 Å². The number of carbonyl (C=O) groups excluding carboxylic acids is 1. The molecule has 1 heterocycles. The van der Waals surface area contributed by atoms with Crippen LogP contribution in [0.15, 0.2) is 42.5 Å². The highest BCUT2D eigenvalue weighted by molar-refractivity contribution is 6.08. The Morgan fingerprint density at radius 3 is 2.60 bits per heavy atom. The van der Waals surface area contributed by atoms with Gasteiger partial charge in [0.2, 0.25) is 0 Å². The molecule has 1 unspecified atom stereocenters. The molecule has 0 aromatic heterocycles. The van der Waals surface area contributed by atoms with E-state index in [1.807, 2.05) is 30.3 Å². The van der Waals surface area contributed by atoms with Gasteiger partial charge in [0.05, 0.1) is 12.8 Å². The zero-order chi connectivity index (χ0) is 18.0. The Kier molecular flexibility index (Phi) is 4.61. The summed E-state index contributed by atoms with van der Waals surface area (Å²) in [4.78, 5) is 25.1. The molecule has 6 nitrogen and oxygen atoms in total. The molecule has 0 bridgehead atoms. The Bertz CT molecular complexity index is 803. The maximum absolute atomic E-state index is 12.4. The van der Waals surface area contributed by atoms with Crippen LogP contribution in [0, 0.1) is 0 Å². The number of amides is 1. The maximum Gasteiger partial charge on any atom is 0.412 e. The largest absolute Gasteiger partial charge is 0.493 e. The number of benzene rings is 2. The van der Waals surface area contributed by atoms with Crippen molar-refractivity contribution in [2.75, 3.05) is 12.0 Å². The number of carbonyl (C=O) groups is 2. The van der Waals surface area contributed by atoms with Crippen LogP contribution < -0.4 is 14.4 Å². The number of ether oxygens (including phenoxy) is 2. The van der Waals surface area contributed by atoms with E-state index in [0.717, 1.165) is 5.56 Å². The normalized spacial score (nSPS) is 16.3. The molecule has 0 radical (unpaired) electrons. The van der Waals surface area contributed by atoms with E-state index < -0.39 is 12.1 Å². The summed E-state index contributed by atoms with van der Waals surface area (Å²) in [6.07, 6.45) is -0.953. The van der Waals surface area contributed by atoms with E-state index in [2.05, 4.69) is 0 Å². The topological polar surface area (TPSA) is 76.1 Å². The van der Waals surface area contributed by atoms with Gasteiger partial charge in [0, 0.05) is 24.1 Å². The molecule has 2 aromatic carbocycles. The fraction of sp³-hybridized carbons (Fsp3) is 0.263. The first-order valence-corrected chi connectivity index (χ1v) is 7.95. The van der Waals surface area contributed by atoms with E-state index in [9.17, 15) is 14.7 Å². The molecule has 130 valence electrons. The molecule has 0 aliphatic carbocycles. The summed E-state index contributed by atoms with van der Waals surface area (Å²) < 4.78 is 11.2. The van der Waals surface area contributed by atoms with Crippen LogP contribution in [0.25, 0.3) is 0 Å². The van der Waals surface area contributed by atoms with Gasteiger partial charge in [-0.25, -0.2) is 4.79 Å². The number of methoxy groups -OCH3 is 1. The number of hydrogen-bond acceptors (Lipinski definition) is 4. The van der Waals surface area contributed by atoms with Crippen LogP contribution in [-0.2, 0) is 6.61 Å². The predicted molar refractivity (Wildman–Crippen MR) is 92.7 cm³/mol. The van der Waals surface area contributed by atoms with Gasteiger partial charge in [0.1, 0.15) is 6.61 Å². The number of rotatable bonds is 4. The quantitative estimate of drug-likeness (QED) is 0.917. The summed E-state index contributed by atoms with van der Waals surface area (Å²) in [5, 5.41) is 9.47. The van der Waals surface area contributed by atoms with Crippen LogP contribution >= 0.6 is 0 Å².